The molecule has 1 aromatic heterocycles. The van der Waals surface area contributed by atoms with Crippen LogP contribution >= 0.6 is 0 Å². The fourth-order valence-electron chi connectivity index (χ4n) is 4.16. The summed E-state index contributed by atoms with van der Waals surface area (Å²) in [5, 5.41) is 17.5. The Labute approximate surface area is 209 Å². The minimum absolute atomic E-state index is 0.0114. The Kier molecular flexibility index (Phi) is 9.50. The number of amides is 1. The monoisotopic (exact) mass is 493 g/mol. The molecule has 2 N–H and O–H groups in total. The number of carboxylic acids is 1. The van der Waals surface area contributed by atoms with Crippen LogP contribution in [0.2, 0.25) is 0 Å². The number of nitrogens with zero attached hydrogens (tertiary/aromatic N) is 2. The van der Waals surface area contributed by atoms with Gasteiger partial charge in [0.2, 0.25) is 0 Å². The van der Waals surface area contributed by atoms with E-state index in [1.54, 1.807) is 36.4 Å². The molecule has 0 radical (unpaired) electrons. The molecule has 0 fully saturated rings. The molecular weight excluding hydrogens is 461 g/mol. The van der Waals surface area contributed by atoms with Gasteiger partial charge >= 0.3 is 5.97 Å². The number of carbonyl (C=O) groups is 2. The molecule has 0 aliphatic rings. The van der Waals surface area contributed by atoms with Crippen LogP contribution in [0.3, 0.4) is 0 Å². The number of allylic oxidation sites excluding steroid dienone is 2. The Morgan fingerprint density at radius 1 is 1.11 bits per heavy atom. The smallest absolute Gasteiger partial charge is 0.307 e. The Bertz CT molecular complexity index is 1290. The lowest BCUT2D eigenvalue weighted by Gasteiger charge is -2.22. The number of aromatic amines is 1. The molecule has 0 aliphatic heterocycles. The minimum Gasteiger partial charge on any atom is -0.481 e. The van der Waals surface area contributed by atoms with Crippen molar-refractivity contribution in [2.24, 2.45) is 11.8 Å². The zero-order valence-electron chi connectivity index (χ0n) is 20.6. The van der Waals surface area contributed by atoms with Gasteiger partial charge in [0, 0.05) is 11.8 Å². The van der Waals surface area contributed by atoms with Crippen molar-refractivity contribution in [2.75, 3.05) is 5.12 Å². The Morgan fingerprint density at radius 2 is 1.86 bits per heavy atom. The number of hydrogen-bond donors (Lipinski definition) is 2. The summed E-state index contributed by atoms with van der Waals surface area (Å²) in [6.45, 7) is 3.55. The van der Waals surface area contributed by atoms with Crippen LogP contribution in [-0.2, 0) is 16.0 Å². The second-order valence-electron chi connectivity index (χ2n) is 8.95. The standard InChI is InChI=1S/C28H32FN3O4/c1-3-4-5-6-7-8-14-22(28(35)36)19(2)27(34)32(29)21-13-11-12-20(17-21)18-25-23-15-9-10-16-24(23)26(33)31-30-25/h7-13,15-17,19,22H,3-6,14,18H2,1-2H3,(H,31,33)(H,35,36). The second kappa shape index (κ2) is 12.8. The van der Waals surface area contributed by atoms with E-state index in [0.717, 1.165) is 25.7 Å². The van der Waals surface area contributed by atoms with Crippen LogP contribution in [0.25, 0.3) is 10.8 Å². The van der Waals surface area contributed by atoms with E-state index in [-0.39, 0.29) is 22.8 Å². The maximum Gasteiger partial charge on any atom is 0.307 e. The van der Waals surface area contributed by atoms with Crippen molar-refractivity contribution >= 4 is 28.3 Å². The topological polar surface area (TPSA) is 103 Å². The molecule has 2 unspecified atom stereocenters. The predicted molar refractivity (Wildman–Crippen MR) is 138 cm³/mol. The fourth-order valence-corrected chi connectivity index (χ4v) is 4.16. The Hall–Kier alpha value is -3.81. The normalized spacial score (nSPS) is 13.1. The molecule has 2 aromatic carbocycles. The molecule has 2 atom stereocenters. The van der Waals surface area contributed by atoms with Gasteiger partial charge < -0.3 is 5.11 Å². The molecule has 0 spiro atoms. The van der Waals surface area contributed by atoms with Crippen molar-refractivity contribution in [3.05, 3.63) is 82.3 Å². The van der Waals surface area contributed by atoms with Crippen LogP contribution in [-0.4, -0.2) is 27.2 Å². The largest absolute Gasteiger partial charge is 0.481 e. The first-order valence-corrected chi connectivity index (χ1v) is 12.3. The summed E-state index contributed by atoms with van der Waals surface area (Å²) in [6, 6.07) is 13.5. The number of rotatable bonds is 12. The number of benzene rings is 2. The molecule has 0 saturated heterocycles. The summed E-state index contributed by atoms with van der Waals surface area (Å²) in [4.78, 5) is 36.7. The summed E-state index contributed by atoms with van der Waals surface area (Å²) in [5.41, 5.74) is 1.02. The van der Waals surface area contributed by atoms with Crippen molar-refractivity contribution < 1.29 is 19.2 Å². The number of anilines is 1. The number of aliphatic carboxylic acids is 1. The number of nitrogens with one attached hydrogen (secondary N) is 1. The lowest BCUT2D eigenvalue weighted by molar-refractivity contribution is -0.146. The van der Waals surface area contributed by atoms with Crippen molar-refractivity contribution in [3.8, 4) is 0 Å². The molecule has 1 heterocycles. The molecule has 3 aromatic rings. The van der Waals surface area contributed by atoms with E-state index in [2.05, 4.69) is 17.1 Å². The van der Waals surface area contributed by atoms with Gasteiger partial charge in [-0.2, -0.15) is 5.10 Å². The van der Waals surface area contributed by atoms with Gasteiger partial charge in [0.15, 0.2) is 0 Å². The van der Waals surface area contributed by atoms with Crippen LogP contribution in [0.1, 0.15) is 57.2 Å². The van der Waals surface area contributed by atoms with E-state index in [1.807, 2.05) is 12.1 Å². The fraction of sp³-hybridized carbons (Fsp3) is 0.357. The van der Waals surface area contributed by atoms with E-state index >= 15 is 4.48 Å². The third-order valence-electron chi connectivity index (χ3n) is 6.32. The summed E-state index contributed by atoms with van der Waals surface area (Å²) in [6.07, 6.45) is 8.24. The first-order chi connectivity index (χ1) is 17.3. The van der Waals surface area contributed by atoms with E-state index in [0.29, 0.717) is 28.5 Å². The first kappa shape index (κ1) is 26.8. The summed E-state index contributed by atoms with van der Waals surface area (Å²) in [7, 11) is 0. The third-order valence-corrected chi connectivity index (χ3v) is 6.32. The van der Waals surface area contributed by atoms with Crippen LogP contribution in [0.15, 0.2) is 65.5 Å². The van der Waals surface area contributed by atoms with Gasteiger partial charge in [0.1, 0.15) is 0 Å². The lowest BCUT2D eigenvalue weighted by atomic mass is 9.89. The molecule has 190 valence electrons. The second-order valence-corrected chi connectivity index (χ2v) is 8.95. The van der Waals surface area contributed by atoms with Crippen molar-refractivity contribution in [2.45, 2.75) is 52.4 Å². The number of H-pyrrole nitrogens is 1. The Morgan fingerprint density at radius 3 is 2.58 bits per heavy atom. The minimum atomic E-state index is -1.13. The van der Waals surface area contributed by atoms with Gasteiger partial charge in [-0.05, 0) is 43.0 Å². The van der Waals surface area contributed by atoms with Crippen molar-refractivity contribution in [1.82, 2.24) is 10.2 Å². The molecule has 3 rings (SSSR count). The van der Waals surface area contributed by atoms with Gasteiger partial charge in [0.05, 0.1) is 28.6 Å². The molecule has 36 heavy (non-hydrogen) atoms. The number of unbranched alkanes of at least 4 members (excludes halogenated alkanes) is 3. The number of aromatic nitrogens is 2. The highest BCUT2D eigenvalue weighted by Crippen LogP contribution is 2.26. The quantitative estimate of drug-likeness (QED) is 0.194. The van der Waals surface area contributed by atoms with Crippen LogP contribution < -0.4 is 10.7 Å². The average molecular weight is 494 g/mol. The number of carboxylic acid groups (broad SMARTS) is 1. The lowest BCUT2D eigenvalue weighted by Crippen LogP contribution is -2.35. The maximum absolute atomic E-state index is 15.2. The molecule has 1 amide bonds. The third kappa shape index (κ3) is 6.65. The zero-order chi connectivity index (χ0) is 26.1. The van der Waals surface area contributed by atoms with E-state index < -0.39 is 23.7 Å². The zero-order valence-corrected chi connectivity index (χ0v) is 20.6. The summed E-state index contributed by atoms with van der Waals surface area (Å²) < 4.78 is 15.2. The van der Waals surface area contributed by atoms with Crippen molar-refractivity contribution in [3.63, 3.8) is 0 Å². The average Bonchev–Trinajstić information content (AvgIpc) is 2.89. The number of fused-ring (bicyclic) bond motifs is 1. The van der Waals surface area contributed by atoms with E-state index in [9.17, 15) is 19.5 Å². The van der Waals surface area contributed by atoms with Crippen LogP contribution in [0, 0.1) is 11.8 Å². The van der Waals surface area contributed by atoms with E-state index in [4.69, 9.17) is 0 Å². The molecule has 0 aliphatic carbocycles. The molecule has 8 heteroatoms. The van der Waals surface area contributed by atoms with Gasteiger partial charge in [-0.1, -0.05) is 73.7 Å². The summed E-state index contributed by atoms with van der Waals surface area (Å²) in [5.74, 6) is -4.13. The van der Waals surface area contributed by atoms with Gasteiger partial charge in [-0.25, -0.2) is 5.10 Å². The van der Waals surface area contributed by atoms with Crippen LogP contribution in [0.5, 0.6) is 0 Å². The number of halogens is 1. The molecule has 7 nitrogen and oxygen atoms in total. The number of hydrogen-bond acceptors (Lipinski definition) is 4. The highest BCUT2D eigenvalue weighted by atomic mass is 19.2. The number of carbonyl (C=O) groups excluding carboxylic acids is 1. The first-order valence-electron chi connectivity index (χ1n) is 12.3. The highest BCUT2D eigenvalue weighted by molar-refractivity contribution is 5.95. The molecule has 0 bridgehead atoms. The molecular formula is C28H32FN3O4. The van der Waals surface area contributed by atoms with Gasteiger partial charge in [0.25, 0.3) is 11.5 Å². The van der Waals surface area contributed by atoms with Crippen molar-refractivity contribution in [1.29, 1.82) is 0 Å². The van der Waals surface area contributed by atoms with Crippen LogP contribution in [0.4, 0.5) is 10.2 Å². The van der Waals surface area contributed by atoms with Gasteiger partial charge in [-0.3, -0.25) is 14.4 Å². The Balaban J connectivity index is 1.73. The van der Waals surface area contributed by atoms with Gasteiger partial charge in [-0.15, -0.1) is 5.12 Å². The maximum atomic E-state index is 15.2. The summed E-state index contributed by atoms with van der Waals surface area (Å²) >= 11 is 0. The molecule has 0 saturated carbocycles. The predicted octanol–water partition coefficient (Wildman–Crippen LogP) is 5.59. The van der Waals surface area contributed by atoms with E-state index in [1.165, 1.54) is 19.1 Å². The highest BCUT2D eigenvalue weighted by Gasteiger charge is 2.33. The SMILES string of the molecule is CCCCCC=CCC(C(=O)O)C(C)C(=O)N(F)c1cccc(Cc2n[nH]c(=O)c3ccccc23)c1.